The standard InChI is InChI=1S/C7H16N2O4S3/c1-3-6(4-7(8)14)9-16(12,13)5-15(2,10)11/h6,9H,3-5H2,1-2H3,(H2,8,14). The van der Waals surface area contributed by atoms with Crippen LogP contribution in [-0.4, -0.2) is 39.2 Å². The van der Waals surface area contributed by atoms with Gasteiger partial charge in [0.1, 0.15) is 0 Å². The van der Waals surface area contributed by atoms with Crippen molar-refractivity contribution < 1.29 is 16.8 Å². The summed E-state index contributed by atoms with van der Waals surface area (Å²) < 4.78 is 46.8. The molecule has 9 heteroatoms. The van der Waals surface area contributed by atoms with E-state index in [2.05, 4.69) is 16.9 Å². The summed E-state index contributed by atoms with van der Waals surface area (Å²) in [5, 5.41) is -0.923. The summed E-state index contributed by atoms with van der Waals surface area (Å²) in [4.78, 5) is 0.189. The maximum Gasteiger partial charge on any atom is 0.226 e. The van der Waals surface area contributed by atoms with Gasteiger partial charge in [-0.05, 0) is 6.42 Å². The topological polar surface area (TPSA) is 106 Å². The molecule has 1 atom stereocenters. The van der Waals surface area contributed by atoms with Crippen LogP contribution in [0.1, 0.15) is 19.8 Å². The summed E-state index contributed by atoms with van der Waals surface area (Å²) in [6, 6.07) is -0.454. The van der Waals surface area contributed by atoms with Crippen LogP contribution in [0.2, 0.25) is 0 Å². The molecule has 96 valence electrons. The van der Waals surface area contributed by atoms with Crippen molar-refractivity contribution in [2.24, 2.45) is 5.73 Å². The van der Waals surface area contributed by atoms with Crippen molar-refractivity contribution in [3.8, 4) is 0 Å². The average Bonchev–Trinajstić information content (AvgIpc) is 1.96. The Morgan fingerprint density at radius 2 is 1.88 bits per heavy atom. The minimum atomic E-state index is -3.85. The number of sulfone groups is 1. The maximum atomic E-state index is 11.4. The Balaban J connectivity index is 4.62. The van der Waals surface area contributed by atoms with Crippen LogP contribution in [0.4, 0.5) is 0 Å². The highest BCUT2D eigenvalue weighted by molar-refractivity contribution is 8.06. The lowest BCUT2D eigenvalue weighted by atomic mass is 10.2. The molecule has 16 heavy (non-hydrogen) atoms. The number of nitrogens with one attached hydrogen (secondary N) is 1. The molecule has 0 aliphatic carbocycles. The van der Waals surface area contributed by atoms with E-state index < -0.39 is 31.0 Å². The Bertz CT molecular complexity index is 440. The van der Waals surface area contributed by atoms with Gasteiger partial charge in [0.15, 0.2) is 14.9 Å². The molecule has 0 saturated heterocycles. The molecule has 3 N–H and O–H groups in total. The summed E-state index contributed by atoms with van der Waals surface area (Å²) in [7, 11) is -7.43. The largest absolute Gasteiger partial charge is 0.393 e. The fourth-order valence-corrected chi connectivity index (χ4v) is 4.57. The van der Waals surface area contributed by atoms with Crippen molar-refractivity contribution in [2.75, 3.05) is 11.3 Å². The highest BCUT2D eigenvalue weighted by atomic mass is 32.3. The highest BCUT2D eigenvalue weighted by Gasteiger charge is 2.21. The van der Waals surface area contributed by atoms with Crippen LogP contribution in [0.5, 0.6) is 0 Å². The first-order chi connectivity index (χ1) is 7.06. The van der Waals surface area contributed by atoms with Gasteiger partial charge in [-0.1, -0.05) is 19.1 Å². The van der Waals surface area contributed by atoms with Gasteiger partial charge in [-0.15, -0.1) is 0 Å². The van der Waals surface area contributed by atoms with Crippen LogP contribution in [0.15, 0.2) is 0 Å². The number of thiocarbonyl (C=S) groups is 1. The first kappa shape index (κ1) is 15.8. The van der Waals surface area contributed by atoms with Crippen LogP contribution in [0.25, 0.3) is 0 Å². The molecule has 0 aromatic carbocycles. The van der Waals surface area contributed by atoms with Gasteiger partial charge in [-0.3, -0.25) is 0 Å². The zero-order valence-corrected chi connectivity index (χ0v) is 11.6. The third-order valence-corrected chi connectivity index (χ3v) is 5.47. The molecule has 0 heterocycles. The minimum Gasteiger partial charge on any atom is -0.393 e. The van der Waals surface area contributed by atoms with E-state index in [0.29, 0.717) is 6.42 Å². The molecule has 0 aromatic rings. The first-order valence-corrected chi connectivity index (χ1v) is 8.64. The van der Waals surface area contributed by atoms with E-state index in [1.165, 1.54) is 0 Å². The predicted octanol–water partition coefficient (Wildman–Crippen LogP) is -0.637. The summed E-state index contributed by atoms with van der Waals surface area (Å²) in [6.07, 6.45) is 1.57. The lowest BCUT2D eigenvalue weighted by molar-refractivity contribution is 0.548. The van der Waals surface area contributed by atoms with Crippen LogP contribution in [0, 0.1) is 0 Å². The van der Waals surface area contributed by atoms with Gasteiger partial charge in [0, 0.05) is 18.7 Å². The molecule has 0 amide bonds. The van der Waals surface area contributed by atoms with Crippen molar-refractivity contribution in [3.05, 3.63) is 0 Å². The molecule has 6 nitrogen and oxygen atoms in total. The zero-order valence-electron chi connectivity index (χ0n) is 9.13. The smallest absolute Gasteiger partial charge is 0.226 e. The van der Waals surface area contributed by atoms with E-state index in [1.807, 2.05) is 0 Å². The van der Waals surface area contributed by atoms with E-state index in [0.717, 1.165) is 6.26 Å². The molecule has 0 aliphatic heterocycles. The zero-order chi connectivity index (χ0) is 13.0. The van der Waals surface area contributed by atoms with E-state index in [-0.39, 0.29) is 11.4 Å². The average molecular weight is 288 g/mol. The van der Waals surface area contributed by atoms with Gasteiger partial charge < -0.3 is 5.73 Å². The Kier molecular flexibility index (Phi) is 5.80. The number of nitrogens with two attached hydrogens (primary N) is 1. The molecule has 1 unspecified atom stereocenters. The summed E-state index contributed by atoms with van der Waals surface area (Å²) in [5.74, 6) is 0. The van der Waals surface area contributed by atoms with Gasteiger partial charge in [0.25, 0.3) is 0 Å². The van der Waals surface area contributed by atoms with Crippen LogP contribution >= 0.6 is 12.2 Å². The Hall–Kier alpha value is -0.250. The molecule has 0 radical (unpaired) electrons. The van der Waals surface area contributed by atoms with Crippen molar-refractivity contribution in [1.82, 2.24) is 4.72 Å². The number of hydrogen-bond acceptors (Lipinski definition) is 5. The van der Waals surface area contributed by atoms with Crippen molar-refractivity contribution in [1.29, 1.82) is 0 Å². The Morgan fingerprint density at radius 1 is 1.38 bits per heavy atom. The fourth-order valence-electron chi connectivity index (χ4n) is 1.08. The van der Waals surface area contributed by atoms with Crippen LogP contribution in [-0.2, 0) is 19.9 Å². The summed E-state index contributed by atoms with van der Waals surface area (Å²) in [5.41, 5.74) is 5.29. The fraction of sp³-hybridized carbons (Fsp3) is 0.857. The quantitative estimate of drug-likeness (QED) is 0.604. The lowest BCUT2D eigenvalue weighted by Crippen LogP contribution is -2.39. The molecule has 0 aromatic heterocycles. The van der Waals surface area contributed by atoms with E-state index in [4.69, 9.17) is 5.73 Å². The van der Waals surface area contributed by atoms with Crippen LogP contribution in [0.3, 0.4) is 0 Å². The number of rotatable bonds is 7. The summed E-state index contributed by atoms with van der Waals surface area (Å²) >= 11 is 4.66. The molecule has 0 spiro atoms. The monoisotopic (exact) mass is 288 g/mol. The third kappa shape index (κ3) is 7.97. The second-order valence-electron chi connectivity index (χ2n) is 3.55. The Labute approximate surface area is 102 Å². The van der Waals surface area contributed by atoms with Crippen molar-refractivity contribution in [2.45, 2.75) is 25.8 Å². The van der Waals surface area contributed by atoms with E-state index in [9.17, 15) is 16.8 Å². The van der Waals surface area contributed by atoms with Gasteiger partial charge in [0.05, 0.1) is 4.99 Å². The van der Waals surface area contributed by atoms with Gasteiger partial charge in [-0.25, -0.2) is 21.6 Å². The molecule has 0 fully saturated rings. The molecular formula is C7H16N2O4S3. The van der Waals surface area contributed by atoms with E-state index in [1.54, 1.807) is 6.92 Å². The molecule has 0 rings (SSSR count). The lowest BCUT2D eigenvalue weighted by Gasteiger charge is -2.15. The molecule has 0 bridgehead atoms. The normalized spacial score (nSPS) is 14.6. The first-order valence-electron chi connectivity index (χ1n) is 4.52. The van der Waals surface area contributed by atoms with Gasteiger partial charge in [0.2, 0.25) is 10.0 Å². The second kappa shape index (κ2) is 5.89. The Morgan fingerprint density at radius 3 is 2.19 bits per heavy atom. The number of hydrogen-bond donors (Lipinski definition) is 2. The third-order valence-electron chi connectivity index (χ3n) is 1.66. The SMILES string of the molecule is CCC(CC(N)=S)NS(=O)(=O)CS(C)(=O)=O. The molecule has 0 saturated carbocycles. The number of sulfonamides is 1. The van der Waals surface area contributed by atoms with Crippen LogP contribution < -0.4 is 10.5 Å². The summed E-state index contributed by atoms with van der Waals surface area (Å²) in [6.45, 7) is 1.76. The van der Waals surface area contributed by atoms with Gasteiger partial charge in [-0.2, -0.15) is 0 Å². The molecular weight excluding hydrogens is 272 g/mol. The molecule has 0 aliphatic rings. The minimum absolute atomic E-state index is 0.189. The van der Waals surface area contributed by atoms with Crippen molar-refractivity contribution >= 4 is 37.1 Å². The van der Waals surface area contributed by atoms with E-state index >= 15 is 0 Å². The second-order valence-corrected chi connectivity index (χ2v) is 8.34. The predicted molar refractivity (Wildman–Crippen MR) is 67.2 cm³/mol. The van der Waals surface area contributed by atoms with Gasteiger partial charge >= 0.3 is 0 Å². The highest BCUT2D eigenvalue weighted by Crippen LogP contribution is 2.02. The van der Waals surface area contributed by atoms with Crippen molar-refractivity contribution in [3.63, 3.8) is 0 Å². The maximum absolute atomic E-state index is 11.4.